The number of amides is 2. The molecule has 4 aromatic carbocycles. The Hall–Kier alpha value is -4.63. The van der Waals surface area contributed by atoms with E-state index >= 15 is 0 Å². The number of anilines is 1. The van der Waals surface area contributed by atoms with Gasteiger partial charge in [0.2, 0.25) is 5.91 Å². The van der Waals surface area contributed by atoms with Gasteiger partial charge in [-0.25, -0.2) is 0 Å². The maximum atomic E-state index is 13.8. The van der Waals surface area contributed by atoms with Gasteiger partial charge in [-0.15, -0.1) is 0 Å². The molecule has 0 atom stereocenters. The molecule has 1 saturated heterocycles. The second-order valence-electron chi connectivity index (χ2n) is 13.0. The average molecular weight is 653 g/mol. The van der Waals surface area contributed by atoms with Crippen LogP contribution in [0.4, 0.5) is 18.9 Å². The van der Waals surface area contributed by atoms with Crippen molar-refractivity contribution in [3.63, 3.8) is 0 Å². The number of rotatable bonds is 9. The number of hydrogen-bond donors (Lipinski definition) is 1. The second-order valence-corrected chi connectivity index (χ2v) is 13.0. The minimum Gasteiger partial charge on any atom is -0.369 e. The number of alkyl halides is 3. The van der Waals surface area contributed by atoms with Crippen molar-refractivity contribution in [1.29, 1.82) is 0 Å². The number of halogens is 3. The Labute approximate surface area is 279 Å². The average Bonchev–Trinajstić information content (AvgIpc) is 3.39. The summed E-state index contributed by atoms with van der Waals surface area (Å²) in [5, 5.41) is 2.23. The van der Waals surface area contributed by atoms with Crippen molar-refractivity contribution >= 4 is 17.5 Å². The Kier molecular flexibility index (Phi) is 8.73. The maximum absolute atomic E-state index is 13.8. The Bertz CT molecular complexity index is 1760. The summed E-state index contributed by atoms with van der Waals surface area (Å²) in [6.45, 7) is 3.89. The number of carbonyl (C=O) groups is 2. The molecule has 0 radical (unpaired) electrons. The van der Waals surface area contributed by atoms with Gasteiger partial charge >= 0.3 is 6.18 Å². The Morgan fingerprint density at radius 2 is 1.42 bits per heavy atom. The molecule has 1 fully saturated rings. The van der Waals surface area contributed by atoms with E-state index in [4.69, 9.17) is 0 Å². The summed E-state index contributed by atoms with van der Waals surface area (Å²) >= 11 is 0. The van der Waals surface area contributed by atoms with Gasteiger partial charge in [0.25, 0.3) is 5.91 Å². The highest BCUT2D eigenvalue weighted by Crippen LogP contribution is 2.51. The van der Waals surface area contributed by atoms with Crippen LogP contribution in [0.1, 0.15) is 45.5 Å². The molecule has 48 heavy (non-hydrogen) atoms. The molecule has 0 unspecified atom stereocenters. The standard InChI is InChI=1S/C39H39F3N4O2/c40-39(41,42)27-43-37(48)38(34-13-6-4-11-31(34)32-12-5-7-14-35(32)38)18-8-19-44-21-23-45(24-22-44)30-16-15-29-17-20-46(36(47)33(29)25-30)26-28-9-2-1-3-10-28/h1-7,9-16,25H,8,17-24,26-27H2,(H,43,48). The summed E-state index contributed by atoms with van der Waals surface area (Å²) in [6.07, 6.45) is -2.61. The van der Waals surface area contributed by atoms with E-state index in [0.29, 0.717) is 25.9 Å². The monoisotopic (exact) mass is 652 g/mol. The zero-order valence-electron chi connectivity index (χ0n) is 26.8. The van der Waals surface area contributed by atoms with E-state index in [1.165, 1.54) is 0 Å². The predicted molar refractivity (Wildman–Crippen MR) is 181 cm³/mol. The third-order valence-electron chi connectivity index (χ3n) is 10.1. The summed E-state index contributed by atoms with van der Waals surface area (Å²) in [7, 11) is 0. The molecule has 2 heterocycles. The number of nitrogens with one attached hydrogen (secondary N) is 1. The van der Waals surface area contributed by atoms with Gasteiger partial charge in [0.1, 0.15) is 12.0 Å². The summed E-state index contributed by atoms with van der Waals surface area (Å²) in [5.41, 5.74) is 6.17. The maximum Gasteiger partial charge on any atom is 0.405 e. The van der Waals surface area contributed by atoms with Crippen LogP contribution >= 0.6 is 0 Å². The molecule has 2 aliphatic heterocycles. The quantitative estimate of drug-likeness (QED) is 0.227. The van der Waals surface area contributed by atoms with Gasteiger partial charge in [0.05, 0.1) is 0 Å². The van der Waals surface area contributed by atoms with Gasteiger partial charge in [-0.2, -0.15) is 13.2 Å². The van der Waals surface area contributed by atoms with Crippen LogP contribution in [-0.2, 0) is 23.2 Å². The summed E-state index contributed by atoms with van der Waals surface area (Å²) < 4.78 is 39.7. The van der Waals surface area contributed by atoms with Crippen LogP contribution in [0.25, 0.3) is 11.1 Å². The van der Waals surface area contributed by atoms with E-state index in [9.17, 15) is 22.8 Å². The molecule has 6 nitrogen and oxygen atoms in total. The first-order chi connectivity index (χ1) is 23.2. The van der Waals surface area contributed by atoms with Crippen LogP contribution in [0.5, 0.6) is 0 Å². The van der Waals surface area contributed by atoms with E-state index in [1.807, 2.05) is 89.8 Å². The topological polar surface area (TPSA) is 55.9 Å². The van der Waals surface area contributed by atoms with Crippen molar-refractivity contribution < 1.29 is 22.8 Å². The van der Waals surface area contributed by atoms with E-state index in [1.54, 1.807) is 0 Å². The fourth-order valence-corrected chi connectivity index (χ4v) is 7.74. The van der Waals surface area contributed by atoms with Crippen LogP contribution in [0.3, 0.4) is 0 Å². The fraction of sp³-hybridized carbons (Fsp3) is 0.333. The van der Waals surface area contributed by atoms with Crippen molar-refractivity contribution in [2.45, 2.75) is 37.4 Å². The number of nitrogens with zero attached hydrogens (tertiary/aromatic N) is 3. The lowest BCUT2D eigenvalue weighted by atomic mass is 9.73. The van der Waals surface area contributed by atoms with E-state index < -0.39 is 24.0 Å². The van der Waals surface area contributed by atoms with E-state index in [2.05, 4.69) is 27.2 Å². The molecule has 3 aliphatic rings. The molecule has 4 aromatic rings. The highest BCUT2D eigenvalue weighted by molar-refractivity contribution is 6.00. The molecular formula is C39H39F3N4O2. The minimum absolute atomic E-state index is 0.0730. The lowest BCUT2D eigenvalue weighted by Crippen LogP contribution is -2.49. The van der Waals surface area contributed by atoms with E-state index in [0.717, 1.165) is 83.8 Å². The number of carbonyl (C=O) groups excluding carboxylic acids is 2. The molecule has 248 valence electrons. The van der Waals surface area contributed by atoms with Gasteiger partial charge in [0.15, 0.2) is 0 Å². The van der Waals surface area contributed by atoms with Crippen LogP contribution in [0.15, 0.2) is 97.1 Å². The summed E-state index contributed by atoms with van der Waals surface area (Å²) in [5.74, 6) is -0.532. The van der Waals surface area contributed by atoms with Gasteiger partial charge in [-0.05, 0) is 71.3 Å². The first-order valence-electron chi connectivity index (χ1n) is 16.7. The molecule has 9 heteroatoms. The lowest BCUT2D eigenvalue weighted by molar-refractivity contribution is -0.141. The SMILES string of the molecule is O=C1c2cc(N3CCN(CCCC4(C(=O)NCC(F)(F)F)c5ccccc5-c5ccccc54)CC3)ccc2CCN1Cc1ccccc1. The van der Waals surface area contributed by atoms with Crippen molar-refractivity contribution in [2.75, 3.05) is 50.7 Å². The number of benzene rings is 4. The summed E-state index contributed by atoms with van der Waals surface area (Å²) in [4.78, 5) is 33.9. The third kappa shape index (κ3) is 6.19. The van der Waals surface area contributed by atoms with Crippen molar-refractivity contribution in [1.82, 2.24) is 15.1 Å². The Morgan fingerprint density at radius 3 is 2.08 bits per heavy atom. The normalized spacial score (nSPS) is 17.1. The van der Waals surface area contributed by atoms with Crippen molar-refractivity contribution in [2.24, 2.45) is 0 Å². The highest BCUT2D eigenvalue weighted by atomic mass is 19.4. The number of hydrogen-bond acceptors (Lipinski definition) is 4. The highest BCUT2D eigenvalue weighted by Gasteiger charge is 2.49. The largest absolute Gasteiger partial charge is 0.405 e. The van der Waals surface area contributed by atoms with Crippen LogP contribution in [0.2, 0.25) is 0 Å². The van der Waals surface area contributed by atoms with Gasteiger partial charge in [0, 0.05) is 50.5 Å². The Morgan fingerprint density at radius 1 is 0.771 bits per heavy atom. The fourth-order valence-electron chi connectivity index (χ4n) is 7.74. The predicted octanol–water partition coefficient (Wildman–Crippen LogP) is 6.43. The van der Waals surface area contributed by atoms with Crippen molar-refractivity contribution in [3.8, 4) is 11.1 Å². The van der Waals surface area contributed by atoms with E-state index in [-0.39, 0.29) is 5.91 Å². The molecule has 1 aliphatic carbocycles. The second kappa shape index (κ2) is 13.1. The lowest BCUT2D eigenvalue weighted by Gasteiger charge is -2.38. The molecule has 0 aromatic heterocycles. The first-order valence-corrected chi connectivity index (χ1v) is 16.7. The van der Waals surface area contributed by atoms with Crippen molar-refractivity contribution in [3.05, 3.63) is 125 Å². The van der Waals surface area contributed by atoms with Crippen LogP contribution in [0, 0.1) is 0 Å². The number of piperazine rings is 1. The summed E-state index contributed by atoms with van der Waals surface area (Å²) in [6, 6.07) is 31.5. The molecule has 1 N–H and O–H groups in total. The molecule has 0 saturated carbocycles. The molecule has 7 rings (SSSR count). The molecule has 0 bridgehead atoms. The van der Waals surface area contributed by atoms with Gasteiger partial charge in [-0.3, -0.25) is 14.5 Å². The third-order valence-corrected chi connectivity index (χ3v) is 10.1. The zero-order chi connectivity index (χ0) is 33.3. The Balaban J connectivity index is 1.01. The molecular weight excluding hydrogens is 613 g/mol. The van der Waals surface area contributed by atoms with Crippen LogP contribution < -0.4 is 10.2 Å². The van der Waals surface area contributed by atoms with Gasteiger partial charge in [-0.1, -0.05) is 84.9 Å². The first kappa shape index (κ1) is 31.9. The van der Waals surface area contributed by atoms with Crippen LogP contribution in [-0.4, -0.2) is 73.6 Å². The molecule has 0 spiro atoms. The zero-order valence-corrected chi connectivity index (χ0v) is 26.8. The minimum atomic E-state index is -4.50. The number of fused-ring (bicyclic) bond motifs is 4. The molecule has 2 amide bonds. The smallest absolute Gasteiger partial charge is 0.369 e. The van der Waals surface area contributed by atoms with Gasteiger partial charge < -0.3 is 15.1 Å².